The molecule has 0 bridgehead atoms. The van der Waals surface area contributed by atoms with E-state index in [-0.39, 0.29) is 5.56 Å². The Kier molecular flexibility index (Phi) is 3.99. The summed E-state index contributed by atoms with van der Waals surface area (Å²) in [4.78, 5) is 17.4. The molecule has 0 saturated carbocycles. The maximum atomic E-state index is 13.1. The Balaban J connectivity index is 1.53. The molecule has 5 aromatic heterocycles. The fraction of sp³-hybridized carbons (Fsp3) is 0. The first kappa shape index (κ1) is 20.9. The molecule has 9 rings (SSSR count). The van der Waals surface area contributed by atoms with Crippen molar-refractivity contribution in [3.8, 4) is 5.82 Å². The molecular weight excluding hydrogens is 502 g/mol. The maximum Gasteiger partial charge on any atom is 0.282 e. The molecule has 0 aliphatic rings. The van der Waals surface area contributed by atoms with Crippen molar-refractivity contribution in [2.45, 2.75) is 0 Å². The van der Waals surface area contributed by atoms with Crippen molar-refractivity contribution in [3.63, 3.8) is 0 Å². The predicted octanol–water partition coefficient (Wildman–Crippen LogP) is 7.26. The Morgan fingerprint density at radius 1 is 0.667 bits per heavy atom. The summed E-state index contributed by atoms with van der Waals surface area (Å²) < 4.78 is 6.40. The molecule has 182 valence electrons. The quantitative estimate of drug-likeness (QED) is 0.214. The molecule has 0 spiro atoms. The van der Waals surface area contributed by atoms with Crippen LogP contribution in [0.2, 0.25) is 0 Å². The van der Waals surface area contributed by atoms with Crippen LogP contribution in [0.5, 0.6) is 0 Å². The van der Waals surface area contributed by atoms with Gasteiger partial charge in [0.25, 0.3) is 5.56 Å². The minimum Gasteiger partial charge on any atom is -0.291 e. The van der Waals surface area contributed by atoms with E-state index in [0.29, 0.717) is 22.5 Å². The average Bonchev–Trinajstić information content (AvgIpc) is 3.54. The van der Waals surface area contributed by atoms with Gasteiger partial charge in [0.15, 0.2) is 11.5 Å². The lowest BCUT2D eigenvalue weighted by Gasteiger charge is -2.10. The lowest BCUT2D eigenvalue weighted by atomic mass is 9.99. The third-order valence-corrected chi connectivity index (χ3v) is 8.83. The fourth-order valence-corrected chi connectivity index (χ4v) is 7.31. The Morgan fingerprint density at radius 3 is 2.26 bits per heavy atom. The molecule has 5 heterocycles. The molecular formula is C32H17N5OS. The summed E-state index contributed by atoms with van der Waals surface area (Å²) in [5, 5.41) is 17.0. The first-order valence-electron chi connectivity index (χ1n) is 12.7. The van der Waals surface area contributed by atoms with Crippen LogP contribution in [0.3, 0.4) is 0 Å². The Hall–Kier alpha value is -5.14. The SMILES string of the molecule is O=c1nc2ccccn2c2nnc(-n3c4ccccc4c4c5ccccc5c5c6ccccc6sc5c43)cc12. The maximum absolute atomic E-state index is 13.1. The van der Waals surface area contributed by atoms with Crippen LogP contribution in [0.1, 0.15) is 0 Å². The van der Waals surface area contributed by atoms with Gasteiger partial charge in [-0.25, -0.2) is 0 Å². The lowest BCUT2D eigenvalue weighted by molar-refractivity contribution is 0.951. The van der Waals surface area contributed by atoms with Gasteiger partial charge in [-0.1, -0.05) is 66.7 Å². The van der Waals surface area contributed by atoms with Crippen LogP contribution < -0.4 is 5.56 Å². The van der Waals surface area contributed by atoms with Crippen LogP contribution in [0.4, 0.5) is 0 Å². The molecule has 0 aliphatic carbocycles. The highest BCUT2D eigenvalue weighted by atomic mass is 32.1. The van der Waals surface area contributed by atoms with Gasteiger partial charge in [-0.3, -0.25) is 13.8 Å². The summed E-state index contributed by atoms with van der Waals surface area (Å²) in [6.45, 7) is 0. The van der Waals surface area contributed by atoms with Gasteiger partial charge in [-0.05, 0) is 41.1 Å². The van der Waals surface area contributed by atoms with E-state index in [9.17, 15) is 4.79 Å². The van der Waals surface area contributed by atoms with Gasteiger partial charge in [0, 0.05) is 32.4 Å². The number of hydrogen-bond acceptors (Lipinski definition) is 5. The molecule has 0 fully saturated rings. The summed E-state index contributed by atoms with van der Waals surface area (Å²) in [5.41, 5.74) is 2.82. The van der Waals surface area contributed by atoms with Crippen molar-refractivity contribution >= 4 is 80.8 Å². The van der Waals surface area contributed by atoms with Gasteiger partial charge in [-0.2, -0.15) is 4.98 Å². The van der Waals surface area contributed by atoms with Crippen molar-refractivity contribution in [3.05, 3.63) is 114 Å². The van der Waals surface area contributed by atoms with Crippen LogP contribution in [-0.4, -0.2) is 24.1 Å². The molecule has 0 aliphatic heterocycles. The number of aromatic nitrogens is 5. The van der Waals surface area contributed by atoms with E-state index in [1.54, 1.807) is 21.8 Å². The second-order valence-corrected chi connectivity index (χ2v) is 10.8. The van der Waals surface area contributed by atoms with E-state index in [0.717, 1.165) is 16.4 Å². The number of benzene rings is 4. The molecule has 39 heavy (non-hydrogen) atoms. The van der Waals surface area contributed by atoms with E-state index >= 15 is 0 Å². The normalized spacial score (nSPS) is 12.2. The van der Waals surface area contributed by atoms with Gasteiger partial charge < -0.3 is 0 Å². The van der Waals surface area contributed by atoms with Crippen molar-refractivity contribution in [1.82, 2.24) is 24.1 Å². The minimum atomic E-state index is -0.314. The molecule has 7 heteroatoms. The van der Waals surface area contributed by atoms with Gasteiger partial charge in [0.2, 0.25) is 0 Å². The molecule has 0 atom stereocenters. The van der Waals surface area contributed by atoms with Crippen molar-refractivity contribution in [2.75, 3.05) is 0 Å². The van der Waals surface area contributed by atoms with Crippen molar-refractivity contribution < 1.29 is 0 Å². The molecule has 9 aromatic rings. The smallest absolute Gasteiger partial charge is 0.282 e. The van der Waals surface area contributed by atoms with E-state index < -0.39 is 0 Å². The number of rotatable bonds is 1. The summed E-state index contributed by atoms with van der Waals surface area (Å²) in [7, 11) is 0. The zero-order valence-corrected chi connectivity index (χ0v) is 21.2. The van der Waals surface area contributed by atoms with Gasteiger partial charge in [-0.15, -0.1) is 21.5 Å². The Bertz CT molecular complexity index is 2540. The zero-order chi connectivity index (χ0) is 25.7. The summed E-state index contributed by atoms with van der Waals surface area (Å²) in [6, 6.07) is 33.0. The molecule has 6 nitrogen and oxygen atoms in total. The summed E-state index contributed by atoms with van der Waals surface area (Å²) in [6.07, 6.45) is 1.85. The predicted molar refractivity (Wildman–Crippen MR) is 159 cm³/mol. The van der Waals surface area contributed by atoms with Crippen LogP contribution in [0, 0.1) is 0 Å². The number of thiophene rings is 1. The zero-order valence-electron chi connectivity index (χ0n) is 20.4. The molecule has 4 aromatic carbocycles. The second kappa shape index (κ2) is 7.46. The summed E-state index contributed by atoms with van der Waals surface area (Å²) >= 11 is 1.79. The topological polar surface area (TPSA) is 65.1 Å². The minimum absolute atomic E-state index is 0.314. The standard InChI is InChI=1S/C32H17N5OS/c38-32-22-17-26(34-35-31(22)36-16-8-7-15-25(36)33-32)37-23-13-5-3-11-20(23)27-18-9-1-2-10-19(18)28-21-12-4-6-14-24(21)39-30(28)29(27)37/h1-17H. The first-order valence-corrected chi connectivity index (χ1v) is 13.5. The number of pyridine rings is 1. The Morgan fingerprint density at radius 2 is 1.38 bits per heavy atom. The first-order chi connectivity index (χ1) is 19.3. The monoisotopic (exact) mass is 519 g/mol. The van der Waals surface area contributed by atoms with Crippen molar-refractivity contribution in [1.29, 1.82) is 0 Å². The van der Waals surface area contributed by atoms with Crippen LogP contribution in [-0.2, 0) is 0 Å². The largest absolute Gasteiger partial charge is 0.291 e. The average molecular weight is 520 g/mol. The van der Waals surface area contributed by atoms with Crippen LogP contribution >= 0.6 is 11.3 Å². The number of nitrogens with zero attached hydrogens (tertiary/aromatic N) is 5. The highest BCUT2D eigenvalue weighted by molar-refractivity contribution is 7.27. The van der Waals surface area contributed by atoms with E-state index in [1.807, 2.05) is 30.5 Å². The van der Waals surface area contributed by atoms with Gasteiger partial charge in [0.1, 0.15) is 5.65 Å². The second-order valence-electron chi connectivity index (χ2n) is 9.71. The number of para-hydroxylation sites is 1. The third-order valence-electron chi connectivity index (χ3n) is 7.65. The van der Waals surface area contributed by atoms with Crippen molar-refractivity contribution in [2.24, 2.45) is 0 Å². The molecule has 0 N–H and O–H groups in total. The van der Waals surface area contributed by atoms with E-state index in [1.165, 1.54) is 36.3 Å². The molecule has 0 amide bonds. The van der Waals surface area contributed by atoms with Gasteiger partial charge >= 0.3 is 0 Å². The third kappa shape index (κ3) is 2.69. The molecule has 0 unspecified atom stereocenters. The number of fused-ring (bicyclic) bond motifs is 13. The van der Waals surface area contributed by atoms with Crippen LogP contribution in [0.25, 0.3) is 75.2 Å². The summed E-state index contributed by atoms with van der Waals surface area (Å²) in [5.74, 6) is 0.595. The fourth-order valence-electron chi connectivity index (χ4n) is 6.05. The highest BCUT2D eigenvalue weighted by Gasteiger charge is 2.22. The lowest BCUT2D eigenvalue weighted by Crippen LogP contribution is -2.13. The van der Waals surface area contributed by atoms with E-state index in [4.69, 9.17) is 5.10 Å². The Labute approximate surface area is 224 Å². The molecule has 0 radical (unpaired) electrons. The van der Waals surface area contributed by atoms with E-state index in [2.05, 4.69) is 81.4 Å². The highest BCUT2D eigenvalue weighted by Crippen LogP contribution is 2.47. The van der Waals surface area contributed by atoms with Crippen LogP contribution in [0.15, 0.2) is 108 Å². The van der Waals surface area contributed by atoms with Gasteiger partial charge in [0.05, 0.1) is 21.1 Å². The number of hydrogen-bond donors (Lipinski definition) is 0. The molecule has 0 saturated heterocycles.